The Morgan fingerprint density at radius 1 is 0.549 bits per heavy atom. The van der Waals surface area contributed by atoms with Crippen LogP contribution in [0.15, 0.2) is 85.3 Å². The molecule has 0 aliphatic carbocycles. The van der Waals surface area contributed by atoms with Gasteiger partial charge in [0.1, 0.15) is 0 Å². The summed E-state index contributed by atoms with van der Waals surface area (Å²) in [7, 11) is 0. The topological polar surface area (TPSA) is 253 Å². The fourth-order valence-corrected chi connectivity index (χ4v) is 6.07. The molecule has 0 saturated carbocycles. The van der Waals surface area contributed by atoms with Gasteiger partial charge in [0, 0.05) is 68.6 Å². The zero-order chi connectivity index (χ0) is 37.0. The van der Waals surface area contributed by atoms with Gasteiger partial charge in [-0.1, -0.05) is 19.1 Å². The van der Waals surface area contributed by atoms with E-state index in [-0.39, 0.29) is 0 Å². The van der Waals surface area contributed by atoms with E-state index in [9.17, 15) is 9.59 Å². The molecule has 0 bridgehead atoms. The molecule has 0 unspecified atom stereocenters. The molecule has 262 valence electrons. The molecule has 0 aliphatic heterocycles. The number of primary amides is 2. The van der Waals surface area contributed by atoms with E-state index in [4.69, 9.17) is 34.4 Å². The molecule has 0 radical (unpaired) electrons. The van der Waals surface area contributed by atoms with Crippen molar-refractivity contribution < 1.29 is 9.59 Å². The Morgan fingerprint density at radius 3 is 1.55 bits per heavy atom. The highest BCUT2D eigenvalue weighted by molar-refractivity contribution is 6.10. The number of anilines is 4. The normalized spacial score (nSPS) is 10.7. The first kappa shape index (κ1) is 35.5. The van der Waals surface area contributed by atoms with Crippen LogP contribution in [0.25, 0.3) is 43.6 Å². The van der Waals surface area contributed by atoms with Crippen LogP contribution in [-0.4, -0.2) is 31.8 Å². The number of aromatic amines is 4. The average molecular weight is 685 g/mol. The number of rotatable bonds is 3. The summed E-state index contributed by atoms with van der Waals surface area (Å²) in [6.07, 6.45) is 6.61. The van der Waals surface area contributed by atoms with Crippen LogP contribution in [0.4, 0.5) is 22.7 Å². The first-order chi connectivity index (χ1) is 24.3. The van der Waals surface area contributed by atoms with Crippen LogP contribution in [0.5, 0.6) is 0 Å². The van der Waals surface area contributed by atoms with Crippen molar-refractivity contribution in [1.29, 1.82) is 0 Å². The summed E-state index contributed by atoms with van der Waals surface area (Å²) in [6, 6.07) is 20.5. The molecule has 2 amide bonds. The van der Waals surface area contributed by atoms with Gasteiger partial charge in [0.25, 0.3) is 11.8 Å². The number of fused-ring (bicyclic) bond motifs is 4. The number of amides is 2. The molecule has 0 aliphatic rings. The SMILES string of the molecule is CCc1ccc(N)c2cc[nH]c12.Cc1[nH]c2c(C(N)=O)ccc(N)c2c1C.Cc1ccc(N)c2cc[nH]c12.NC(=O)c1ccc(N)c2cc[nH]c12. The zero-order valence-corrected chi connectivity index (χ0v) is 29.1. The quantitative estimate of drug-likeness (QED) is 0.0907. The van der Waals surface area contributed by atoms with Gasteiger partial charge in [0.05, 0.1) is 33.2 Å². The molecule has 12 nitrogen and oxygen atoms in total. The summed E-state index contributed by atoms with van der Waals surface area (Å²) in [6.45, 7) is 8.12. The summed E-state index contributed by atoms with van der Waals surface area (Å²) in [5.74, 6) is -0.895. The third-order valence-corrected chi connectivity index (χ3v) is 8.96. The van der Waals surface area contributed by atoms with E-state index in [0.717, 1.165) is 61.6 Å². The predicted molar refractivity (Wildman–Crippen MR) is 211 cm³/mol. The molecule has 0 atom stereocenters. The maximum atomic E-state index is 11.2. The number of nitrogens with two attached hydrogens (primary N) is 6. The standard InChI is InChI=1S/C11H13N3O.C10H12N2.C9H9N3O.C9H10N2/c1-5-6(2)14-10-7(11(13)15)3-4-8(12)9(5)10;1-2-7-3-4-9(11)8-5-6-12-10(7)8;10-7-2-1-6(9(11)13)8-5(7)3-4-12-8;1-6-2-3-8(10)7-4-5-11-9(6)7/h3-4,14H,12H2,1-2H3,(H2,13,15);3-6,12H,2,11H2,1H3;1-4,12H,10H2,(H2,11,13);2-5,11H,10H2,1H3. The molecular formula is C39H44N10O2. The van der Waals surface area contributed by atoms with Gasteiger partial charge in [-0.15, -0.1) is 0 Å². The number of nitrogen functional groups attached to an aromatic ring is 4. The van der Waals surface area contributed by atoms with Gasteiger partial charge in [-0.25, -0.2) is 0 Å². The van der Waals surface area contributed by atoms with Crippen LogP contribution >= 0.6 is 0 Å². The van der Waals surface area contributed by atoms with Gasteiger partial charge in [0.15, 0.2) is 0 Å². The van der Waals surface area contributed by atoms with Gasteiger partial charge in [-0.05, 0) is 98.5 Å². The molecule has 4 heterocycles. The Balaban J connectivity index is 0.000000133. The Bertz CT molecular complexity index is 2480. The zero-order valence-electron chi connectivity index (χ0n) is 29.1. The third-order valence-electron chi connectivity index (χ3n) is 8.96. The number of nitrogens with one attached hydrogen (secondary N) is 4. The molecular weight excluding hydrogens is 640 g/mol. The van der Waals surface area contributed by atoms with E-state index >= 15 is 0 Å². The molecule has 8 rings (SSSR count). The highest BCUT2D eigenvalue weighted by atomic mass is 16.1. The van der Waals surface area contributed by atoms with Crippen LogP contribution in [0.1, 0.15) is 50.0 Å². The minimum atomic E-state index is -0.451. The first-order valence-electron chi connectivity index (χ1n) is 16.3. The maximum Gasteiger partial charge on any atom is 0.250 e. The van der Waals surface area contributed by atoms with E-state index in [2.05, 4.69) is 39.8 Å². The lowest BCUT2D eigenvalue weighted by atomic mass is 10.1. The van der Waals surface area contributed by atoms with E-state index in [1.165, 1.54) is 16.6 Å². The number of carbonyl (C=O) groups is 2. The van der Waals surface area contributed by atoms with Crippen LogP contribution in [-0.2, 0) is 6.42 Å². The average Bonchev–Trinajstić information content (AvgIpc) is 3.92. The number of hydrogen-bond acceptors (Lipinski definition) is 6. The highest BCUT2D eigenvalue weighted by Gasteiger charge is 2.14. The number of aromatic nitrogens is 4. The Hall–Kier alpha value is -6.82. The van der Waals surface area contributed by atoms with Gasteiger partial charge < -0.3 is 54.3 Å². The van der Waals surface area contributed by atoms with Gasteiger partial charge in [0.2, 0.25) is 0 Å². The molecule has 4 aromatic carbocycles. The summed E-state index contributed by atoms with van der Waals surface area (Å²) in [5, 5.41) is 3.97. The number of benzene rings is 4. The van der Waals surface area contributed by atoms with Crippen molar-refractivity contribution >= 4 is 78.2 Å². The van der Waals surface area contributed by atoms with Crippen LogP contribution in [0.3, 0.4) is 0 Å². The minimum absolute atomic E-state index is 0.443. The van der Waals surface area contributed by atoms with Crippen molar-refractivity contribution in [3.8, 4) is 0 Å². The van der Waals surface area contributed by atoms with Gasteiger partial charge in [-0.3, -0.25) is 9.59 Å². The Kier molecular flexibility index (Phi) is 10.3. The molecule has 8 aromatic rings. The monoisotopic (exact) mass is 684 g/mol. The smallest absolute Gasteiger partial charge is 0.250 e. The fourth-order valence-electron chi connectivity index (χ4n) is 6.07. The number of aryl methyl sites for hydroxylation is 4. The predicted octanol–water partition coefficient (Wildman–Crippen LogP) is 6.69. The molecule has 12 heteroatoms. The molecule has 0 spiro atoms. The minimum Gasteiger partial charge on any atom is -0.398 e. The third kappa shape index (κ3) is 7.15. The second-order valence-corrected chi connectivity index (χ2v) is 12.2. The van der Waals surface area contributed by atoms with Crippen molar-refractivity contribution in [2.45, 2.75) is 34.1 Å². The van der Waals surface area contributed by atoms with Crippen LogP contribution in [0.2, 0.25) is 0 Å². The van der Waals surface area contributed by atoms with Crippen molar-refractivity contribution in [3.63, 3.8) is 0 Å². The van der Waals surface area contributed by atoms with E-state index in [0.29, 0.717) is 28.0 Å². The molecule has 0 fully saturated rings. The summed E-state index contributed by atoms with van der Waals surface area (Å²) >= 11 is 0. The Morgan fingerprint density at radius 2 is 1.00 bits per heavy atom. The van der Waals surface area contributed by atoms with Crippen molar-refractivity contribution in [2.75, 3.05) is 22.9 Å². The largest absolute Gasteiger partial charge is 0.398 e. The van der Waals surface area contributed by atoms with E-state index in [1.54, 1.807) is 30.5 Å². The second-order valence-electron chi connectivity index (χ2n) is 12.2. The summed E-state index contributed by atoms with van der Waals surface area (Å²) in [5.41, 5.74) is 45.9. The lowest BCUT2D eigenvalue weighted by molar-refractivity contribution is 0.0993. The number of carbonyl (C=O) groups excluding carboxylic acids is 2. The second kappa shape index (κ2) is 14.7. The maximum absolute atomic E-state index is 11.2. The lowest BCUT2D eigenvalue weighted by Gasteiger charge is -2.01. The summed E-state index contributed by atoms with van der Waals surface area (Å²) in [4.78, 5) is 34.6. The van der Waals surface area contributed by atoms with Crippen molar-refractivity contribution in [1.82, 2.24) is 19.9 Å². The number of hydrogen-bond donors (Lipinski definition) is 10. The molecule has 4 aromatic heterocycles. The fraction of sp³-hybridized carbons (Fsp3) is 0.128. The summed E-state index contributed by atoms with van der Waals surface area (Å²) < 4.78 is 0. The highest BCUT2D eigenvalue weighted by Crippen LogP contribution is 2.29. The number of H-pyrrole nitrogens is 4. The lowest BCUT2D eigenvalue weighted by Crippen LogP contribution is -2.11. The van der Waals surface area contributed by atoms with Crippen molar-refractivity contribution in [3.05, 3.63) is 119 Å². The van der Waals surface area contributed by atoms with E-state index < -0.39 is 11.8 Å². The molecule has 51 heavy (non-hydrogen) atoms. The van der Waals surface area contributed by atoms with Gasteiger partial charge >= 0.3 is 0 Å². The van der Waals surface area contributed by atoms with E-state index in [1.807, 2.05) is 62.6 Å². The van der Waals surface area contributed by atoms with Gasteiger partial charge in [-0.2, -0.15) is 0 Å². The van der Waals surface area contributed by atoms with Crippen LogP contribution in [0, 0.1) is 20.8 Å². The van der Waals surface area contributed by atoms with Crippen molar-refractivity contribution in [2.24, 2.45) is 11.5 Å². The Labute approximate surface area is 294 Å². The first-order valence-corrected chi connectivity index (χ1v) is 16.3. The van der Waals surface area contributed by atoms with Crippen LogP contribution < -0.4 is 34.4 Å². The molecule has 0 saturated heterocycles. The molecule has 16 N–H and O–H groups in total.